The topological polar surface area (TPSA) is 107 Å². The summed E-state index contributed by atoms with van der Waals surface area (Å²) in [5.41, 5.74) is 0.643. The van der Waals surface area contributed by atoms with E-state index in [4.69, 9.17) is 9.26 Å². The monoisotopic (exact) mass is 271 g/mol. The third-order valence-electron chi connectivity index (χ3n) is 2.49. The maximum Gasteiger partial charge on any atom is 0.280 e. The SMILES string of the molecule is COc1ccc(-c2noc(-c3ncccc3O)n2)nn1. The predicted molar refractivity (Wildman–Crippen MR) is 66.8 cm³/mol. The fraction of sp³-hybridized carbons (Fsp3) is 0.0833. The molecule has 3 rings (SSSR count). The molecule has 0 radical (unpaired) electrons. The molecule has 0 amide bonds. The highest BCUT2D eigenvalue weighted by Gasteiger charge is 2.15. The molecule has 0 aliphatic heterocycles. The number of rotatable bonds is 3. The van der Waals surface area contributed by atoms with Crippen LogP contribution in [0.1, 0.15) is 0 Å². The van der Waals surface area contributed by atoms with Gasteiger partial charge in [0.25, 0.3) is 5.89 Å². The van der Waals surface area contributed by atoms with Gasteiger partial charge in [-0.25, -0.2) is 4.98 Å². The minimum Gasteiger partial charge on any atom is -0.505 e. The Morgan fingerprint density at radius 1 is 1.20 bits per heavy atom. The minimum atomic E-state index is -0.0384. The van der Waals surface area contributed by atoms with Gasteiger partial charge in [0.1, 0.15) is 11.4 Å². The minimum absolute atomic E-state index is 0.0384. The standard InChI is InChI=1S/C12H9N5O3/c1-19-9-5-4-7(15-16-9)11-14-12(20-17-11)10-8(18)3-2-6-13-10/h2-6,18H,1H3. The van der Waals surface area contributed by atoms with Gasteiger partial charge in [-0.05, 0) is 18.2 Å². The van der Waals surface area contributed by atoms with Crippen molar-refractivity contribution in [2.45, 2.75) is 0 Å². The molecule has 0 aromatic carbocycles. The molecule has 3 aromatic heterocycles. The Morgan fingerprint density at radius 3 is 2.80 bits per heavy atom. The molecule has 0 unspecified atom stereocenters. The third-order valence-corrected chi connectivity index (χ3v) is 2.49. The number of aromatic hydroxyl groups is 1. The molecule has 20 heavy (non-hydrogen) atoms. The lowest BCUT2D eigenvalue weighted by Crippen LogP contribution is -1.93. The summed E-state index contributed by atoms with van der Waals surface area (Å²) in [5, 5.41) is 21.2. The first-order valence-corrected chi connectivity index (χ1v) is 5.64. The van der Waals surface area contributed by atoms with E-state index < -0.39 is 0 Å². The van der Waals surface area contributed by atoms with Crippen molar-refractivity contribution in [1.29, 1.82) is 0 Å². The second kappa shape index (κ2) is 4.92. The quantitative estimate of drug-likeness (QED) is 0.759. The van der Waals surface area contributed by atoms with Gasteiger partial charge in [-0.1, -0.05) is 5.16 Å². The van der Waals surface area contributed by atoms with Crippen LogP contribution in [0.3, 0.4) is 0 Å². The van der Waals surface area contributed by atoms with Gasteiger partial charge >= 0.3 is 0 Å². The largest absolute Gasteiger partial charge is 0.505 e. The van der Waals surface area contributed by atoms with E-state index in [0.717, 1.165) is 0 Å². The van der Waals surface area contributed by atoms with Gasteiger partial charge in [-0.3, -0.25) is 0 Å². The average molecular weight is 271 g/mol. The van der Waals surface area contributed by atoms with Crippen molar-refractivity contribution >= 4 is 0 Å². The van der Waals surface area contributed by atoms with Gasteiger partial charge in [0.05, 0.1) is 7.11 Å². The number of ether oxygens (including phenoxy) is 1. The van der Waals surface area contributed by atoms with Gasteiger partial charge in [-0.2, -0.15) is 4.98 Å². The van der Waals surface area contributed by atoms with Crippen molar-refractivity contribution in [2.75, 3.05) is 7.11 Å². The Morgan fingerprint density at radius 2 is 2.10 bits per heavy atom. The van der Waals surface area contributed by atoms with Gasteiger partial charge in [0.15, 0.2) is 5.69 Å². The van der Waals surface area contributed by atoms with Crippen LogP contribution in [0.25, 0.3) is 23.1 Å². The van der Waals surface area contributed by atoms with E-state index in [1.807, 2.05) is 0 Å². The maximum absolute atomic E-state index is 9.68. The van der Waals surface area contributed by atoms with Gasteiger partial charge in [-0.15, -0.1) is 10.2 Å². The Labute approximate surface area is 113 Å². The first-order chi connectivity index (χ1) is 9.78. The van der Waals surface area contributed by atoms with Crippen LogP contribution in [-0.2, 0) is 0 Å². The molecule has 0 atom stereocenters. The number of methoxy groups -OCH3 is 1. The molecule has 0 bridgehead atoms. The third kappa shape index (κ3) is 2.14. The van der Waals surface area contributed by atoms with Gasteiger partial charge < -0.3 is 14.4 Å². The molecule has 0 aliphatic rings. The molecule has 1 N–H and O–H groups in total. The smallest absolute Gasteiger partial charge is 0.280 e. The van der Waals surface area contributed by atoms with Crippen LogP contribution < -0.4 is 4.74 Å². The molecule has 3 aromatic rings. The summed E-state index contributed by atoms with van der Waals surface area (Å²) in [4.78, 5) is 8.10. The Hall–Kier alpha value is -3.03. The number of nitrogens with zero attached hydrogens (tertiary/aromatic N) is 5. The van der Waals surface area contributed by atoms with Gasteiger partial charge in [0, 0.05) is 12.3 Å². The summed E-state index contributed by atoms with van der Waals surface area (Å²) in [6.45, 7) is 0. The maximum atomic E-state index is 9.68. The number of aromatic nitrogens is 5. The van der Waals surface area contributed by atoms with E-state index in [9.17, 15) is 5.11 Å². The van der Waals surface area contributed by atoms with E-state index >= 15 is 0 Å². The Balaban J connectivity index is 1.95. The van der Waals surface area contributed by atoms with Crippen molar-refractivity contribution in [3.05, 3.63) is 30.5 Å². The van der Waals surface area contributed by atoms with Crippen LogP contribution in [0.2, 0.25) is 0 Å². The molecule has 0 spiro atoms. The van der Waals surface area contributed by atoms with E-state index in [1.54, 1.807) is 18.2 Å². The van der Waals surface area contributed by atoms with Crippen molar-refractivity contribution in [2.24, 2.45) is 0 Å². The van der Waals surface area contributed by atoms with E-state index in [2.05, 4.69) is 25.3 Å². The highest BCUT2D eigenvalue weighted by atomic mass is 16.5. The lowest BCUT2D eigenvalue weighted by Gasteiger charge is -1.96. The molecular weight excluding hydrogens is 262 g/mol. The zero-order valence-electron chi connectivity index (χ0n) is 10.4. The summed E-state index contributed by atoms with van der Waals surface area (Å²) < 4.78 is 9.97. The summed E-state index contributed by atoms with van der Waals surface area (Å²) in [6.07, 6.45) is 1.52. The van der Waals surface area contributed by atoms with Crippen LogP contribution >= 0.6 is 0 Å². The first-order valence-electron chi connectivity index (χ1n) is 5.64. The molecule has 8 nitrogen and oxygen atoms in total. The predicted octanol–water partition coefficient (Wildman–Crippen LogP) is 1.30. The molecule has 0 saturated heterocycles. The average Bonchev–Trinajstić information content (AvgIpc) is 2.97. The summed E-state index contributed by atoms with van der Waals surface area (Å²) in [5.74, 6) is 0.708. The van der Waals surface area contributed by atoms with Gasteiger partial charge in [0.2, 0.25) is 11.7 Å². The molecule has 3 heterocycles. The summed E-state index contributed by atoms with van der Waals surface area (Å²) >= 11 is 0. The fourth-order valence-corrected chi connectivity index (χ4v) is 1.53. The van der Waals surface area contributed by atoms with Crippen LogP contribution in [0.4, 0.5) is 0 Å². The summed E-state index contributed by atoms with van der Waals surface area (Å²) in [6, 6.07) is 6.37. The molecule has 100 valence electrons. The molecule has 0 saturated carbocycles. The highest BCUT2D eigenvalue weighted by Crippen LogP contribution is 2.26. The lowest BCUT2D eigenvalue weighted by atomic mass is 10.3. The molecular formula is C12H9N5O3. The normalized spacial score (nSPS) is 10.4. The zero-order valence-corrected chi connectivity index (χ0v) is 10.4. The van der Waals surface area contributed by atoms with Crippen LogP contribution in [0, 0.1) is 0 Å². The van der Waals surface area contributed by atoms with Crippen molar-refractivity contribution < 1.29 is 14.4 Å². The van der Waals surface area contributed by atoms with Crippen molar-refractivity contribution in [1.82, 2.24) is 25.3 Å². The van der Waals surface area contributed by atoms with Crippen LogP contribution in [-0.4, -0.2) is 37.5 Å². The van der Waals surface area contributed by atoms with Crippen molar-refractivity contribution in [3.63, 3.8) is 0 Å². The lowest BCUT2D eigenvalue weighted by molar-refractivity contribution is 0.392. The highest BCUT2D eigenvalue weighted by molar-refractivity contribution is 5.59. The van der Waals surface area contributed by atoms with Crippen molar-refractivity contribution in [3.8, 4) is 34.7 Å². The van der Waals surface area contributed by atoms with E-state index in [1.165, 1.54) is 19.4 Å². The Kier molecular flexibility index (Phi) is 2.96. The number of pyridine rings is 1. The zero-order chi connectivity index (χ0) is 13.9. The molecule has 0 aliphatic carbocycles. The van der Waals surface area contributed by atoms with E-state index in [0.29, 0.717) is 11.6 Å². The second-order valence-electron chi connectivity index (χ2n) is 3.76. The fourth-order valence-electron chi connectivity index (χ4n) is 1.53. The van der Waals surface area contributed by atoms with Crippen LogP contribution in [0.15, 0.2) is 35.0 Å². The summed E-state index contributed by atoms with van der Waals surface area (Å²) in [7, 11) is 1.50. The first kappa shape index (κ1) is 12.0. The van der Waals surface area contributed by atoms with E-state index in [-0.39, 0.29) is 23.2 Å². The number of hydrogen-bond acceptors (Lipinski definition) is 8. The Bertz CT molecular complexity index is 726. The molecule has 8 heteroatoms. The second-order valence-corrected chi connectivity index (χ2v) is 3.76. The molecule has 0 fully saturated rings. The van der Waals surface area contributed by atoms with Crippen LogP contribution in [0.5, 0.6) is 11.6 Å². The number of hydrogen-bond donors (Lipinski definition) is 1.